The van der Waals surface area contributed by atoms with Crippen LogP contribution in [0.15, 0.2) is 0 Å². The first-order chi connectivity index (χ1) is 6.40. The number of ether oxygens (including phenoxy) is 1. The van der Waals surface area contributed by atoms with Gasteiger partial charge >= 0.3 is 0 Å². The summed E-state index contributed by atoms with van der Waals surface area (Å²) >= 11 is 0. The molecule has 0 radical (unpaired) electrons. The van der Waals surface area contributed by atoms with Crippen molar-refractivity contribution in [2.75, 3.05) is 13.6 Å². The van der Waals surface area contributed by atoms with Gasteiger partial charge in [0.2, 0.25) is 0 Å². The zero-order valence-electron chi connectivity index (χ0n) is 9.76. The molecule has 1 rings (SSSR count). The Morgan fingerprint density at radius 2 is 2.00 bits per heavy atom. The van der Waals surface area contributed by atoms with Crippen LogP contribution >= 0.6 is 0 Å². The highest BCUT2D eigenvalue weighted by atomic mass is 16.5. The first kappa shape index (κ1) is 11.5. The summed E-state index contributed by atoms with van der Waals surface area (Å²) in [7, 11) is 2.07. The Kier molecular flexibility index (Phi) is 3.53. The zero-order valence-corrected chi connectivity index (χ0v) is 9.76. The van der Waals surface area contributed by atoms with Crippen LogP contribution in [0, 0.1) is 5.41 Å². The number of likely N-dealkylation sites (N-methyl/N-ethyl adjacent to an activating group) is 1. The van der Waals surface area contributed by atoms with Crippen LogP contribution in [0.1, 0.15) is 40.0 Å². The summed E-state index contributed by atoms with van der Waals surface area (Å²) in [6.45, 7) is 7.06. The van der Waals surface area contributed by atoms with Crippen molar-refractivity contribution in [3.05, 3.63) is 0 Å². The number of rotatable bonds is 1. The topological polar surface area (TPSA) is 36.3 Å². The molecule has 0 unspecified atom stereocenters. The van der Waals surface area contributed by atoms with E-state index < -0.39 is 0 Å². The standard InChI is InChI=1S/C11H22N2O/c1-11(2,3)14-10(12)9-7-5-6-8-13(9)4/h9,12H,5-8H2,1-4H3/t9-/m0/s1. The highest BCUT2D eigenvalue weighted by Crippen LogP contribution is 2.19. The van der Waals surface area contributed by atoms with Gasteiger partial charge in [-0.3, -0.25) is 10.3 Å². The van der Waals surface area contributed by atoms with Crippen LogP contribution in [-0.2, 0) is 4.74 Å². The number of piperidine rings is 1. The van der Waals surface area contributed by atoms with Crippen LogP contribution in [0.2, 0.25) is 0 Å². The SMILES string of the molecule is CN1CCCC[C@H]1C(=N)OC(C)(C)C. The van der Waals surface area contributed by atoms with E-state index in [9.17, 15) is 0 Å². The molecule has 0 saturated carbocycles. The minimum Gasteiger partial charge on any atom is -0.474 e. The lowest BCUT2D eigenvalue weighted by Gasteiger charge is -2.34. The van der Waals surface area contributed by atoms with E-state index >= 15 is 0 Å². The van der Waals surface area contributed by atoms with E-state index in [1.54, 1.807) is 0 Å². The molecule has 0 bridgehead atoms. The van der Waals surface area contributed by atoms with Gasteiger partial charge in [-0.1, -0.05) is 6.42 Å². The summed E-state index contributed by atoms with van der Waals surface area (Å²) in [5.74, 6) is 0.430. The predicted octanol–water partition coefficient (Wildman–Crippen LogP) is 2.26. The third-order valence-electron chi connectivity index (χ3n) is 2.49. The molecule has 0 amide bonds. The lowest BCUT2D eigenvalue weighted by molar-refractivity contribution is 0.0886. The normalized spacial score (nSPS) is 24.7. The average molecular weight is 198 g/mol. The van der Waals surface area contributed by atoms with Gasteiger partial charge < -0.3 is 4.74 Å². The second-order valence-corrected chi connectivity index (χ2v) is 5.07. The molecule has 82 valence electrons. The first-order valence-electron chi connectivity index (χ1n) is 5.38. The van der Waals surface area contributed by atoms with Crippen LogP contribution in [0.4, 0.5) is 0 Å². The molecule has 0 aliphatic carbocycles. The van der Waals surface area contributed by atoms with Gasteiger partial charge in [0.05, 0.1) is 6.04 Å². The van der Waals surface area contributed by atoms with Crippen LogP contribution in [0.5, 0.6) is 0 Å². The maximum Gasteiger partial charge on any atom is 0.198 e. The second-order valence-electron chi connectivity index (χ2n) is 5.07. The monoisotopic (exact) mass is 198 g/mol. The van der Waals surface area contributed by atoms with E-state index in [4.69, 9.17) is 10.1 Å². The van der Waals surface area contributed by atoms with E-state index in [1.165, 1.54) is 12.8 Å². The van der Waals surface area contributed by atoms with Gasteiger partial charge in [-0.05, 0) is 47.2 Å². The highest BCUT2D eigenvalue weighted by Gasteiger charge is 2.27. The average Bonchev–Trinajstić information content (AvgIpc) is 2.01. The fraction of sp³-hybridized carbons (Fsp3) is 0.909. The largest absolute Gasteiger partial charge is 0.474 e. The van der Waals surface area contributed by atoms with Gasteiger partial charge in [0, 0.05) is 0 Å². The molecule has 3 nitrogen and oxygen atoms in total. The second kappa shape index (κ2) is 4.30. The first-order valence-corrected chi connectivity index (χ1v) is 5.38. The highest BCUT2D eigenvalue weighted by molar-refractivity contribution is 5.79. The van der Waals surface area contributed by atoms with Crippen LogP contribution in [-0.4, -0.2) is 36.0 Å². The number of nitrogens with one attached hydrogen (secondary N) is 1. The van der Waals surface area contributed by atoms with E-state index in [0.29, 0.717) is 5.90 Å². The van der Waals surface area contributed by atoms with Crippen LogP contribution in [0.3, 0.4) is 0 Å². The lowest BCUT2D eigenvalue weighted by atomic mass is 10.0. The summed E-state index contributed by atoms with van der Waals surface area (Å²) in [4.78, 5) is 2.22. The van der Waals surface area contributed by atoms with E-state index in [2.05, 4.69) is 11.9 Å². The van der Waals surface area contributed by atoms with Crippen molar-refractivity contribution >= 4 is 5.90 Å². The van der Waals surface area contributed by atoms with Crippen LogP contribution < -0.4 is 0 Å². The molecule has 1 aliphatic heterocycles. The van der Waals surface area contributed by atoms with Crippen molar-refractivity contribution in [3.63, 3.8) is 0 Å². The molecule has 1 saturated heterocycles. The fourth-order valence-electron chi connectivity index (χ4n) is 1.80. The molecule has 1 fully saturated rings. The molecule has 1 aliphatic rings. The molecule has 1 atom stereocenters. The van der Waals surface area contributed by atoms with Crippen molar-refractivity contribution in [2.45, 2.75) is 51.7 Å². The third kappa shape index (κ3) is 3.29. The third-order valence-corrected chi connectivity index (χ3v) is 2.49. The predicted molar refractivity (Wildman–Crippen MR) is 58.8 cm³/mol. The maximum atomic E-state index is 7.91. The molecule has 3 heteroatoms. The zero-order chi connectivity index (χ0) is 10.8. The van der Waals surface area contributed by atoms with Crippen molar-refractivity contribution < 1.29 is 4.74 Å². The van der Waals surface area contributed by atoms with Crippen molar-refractivity contribution in [1.82, 2.24) is 4.90 Å². The Hall–Kier alpha value is -0.570. The maximum absolute atomic E-state index is 7.91. The summed E-state index contributed by atoms with van der Waals surface area (Å²) < 4.78 is 5.59. The summed E-state index contributed by atoms with van der Waals surface area (Å²) in [6.07, 6.45) is 3.52. The molecule has 0 aromatic heterocycles. The Morgan fingerprint density at radius 3 is 2.50 bits per heavy atom. The van der Waals surface area contributed by atoms with Crippen LogP contribution in [0.25, 0.3) is 0 Å². The molecule has 1 heterocycles. The molecule has 0 aromatic carbocycles. The smallest absolute Gasteiger partial charge is 0.198 e. The van der Waals surface area contributed by atoms with Crippen molar-refractivity contribution in [2.24, 2.45) is 0 Å². The Labute approximate surface area is 86.9 Å². The van der Waals surface area contributed by atoms with Gasteiger partial charge in [0.15, 0.2) is 5.90 Å². The van der Waals surface area contributed by atoms with Gasteiger partial charge in [-0.2, -0.15) is 0 Å². The summed E-state index contributed by atoms with van der Waals surface area (Å²) in [5, 5.41) is 7.91. The minimum atomic E-state index is -0.241. The Balaban J connectivity index is 2.50. The van der Waals surface area contributed by atoms with Gasteiger partial charge in [-0.25, -0.2) is 0 Å². The number of likely N-dealkylation sites (tertiary alicyclic amines) is 1. The summed E-state index contributed by atoms with van der Waals surface area (Å²) in [6, 6.07) is 0.197. The molecule has 1 N–H and O–H groups in total. The Bertz CT molecular complexity index is 208. The van der Waals surface area contributed by atoms with Crippen molar-refractivity contribution in [3.8, 4) is 0 Å². The van der Waals surface area contributed by atoms with E-state index in [0.717, 1.165) is 13.0 Å². The van der Waals surface area contributed by atoms with E-state index in [1.807, 2.05) is 20.8 Å². The lowest BCUT2D eigenvalue weighted by Crippen LogP contribution is -2.44. The Morgan fingerprint density at radius 1 is 1.36 bits per heavy atom. The fourth-order valence-corrected chi connectivity index (χ4v) is 1.80. The van der Waals surface area contributed by atoms with Gasteiger partial charge in [0.1, 0.15) is 5.60 Å². The van der Waals surface area contributed by atoms with Gasteiger partial charge in [-0.15, -0.1) is 0 Å². The van der Waals surface area contributed by atoms with Gasteiger partial charge in [0.25, 0.3) is 0 Å². The molecule has 0 spiro atoms. The van der Waals surface area contributed by atoms with Crippen molar-refractivity contribution in [1.29, 1.82) is 5.41 Å². The molecule has 0 aromatic rings. The van der Waals surface area contributed by atoms with E-state index in [-0.39, 0.29) is 11.6 Å². The number of nitrogens with zero attached hydrogens (tertiary/aromatic N) is 1. The molecule has 14 heavy (non-hydrogen) atoms. The minimum absolute atomic E-state index is 0.197. The molecular weight excluding hydrogens is 176 g/mol. The molecular formula is C11H22N2O. The quantitative estimate of drug-likeness (QED) is 0.518. The summed E-state index contributed by atoms with van der Waals surface area (Å²) in [5.41, 5.74) is -0.241. The number of hydrogen-bond acceptors (Lipinski definition) is 3. The number of hydrogen-bond donors (Lipinski definition) is 1.